The second-order valence-electron chi connectivity index (χ2n) is 6.32. The Morgan fingerprint density at radius 2 is 2.11 bits per heavy atom. The number of para-hydroxylation sites is 1. The molecule has 0 aliphatic rings. The second-order valence-corrected chi connectivity index (χ2v) is 8.52. The molecule has 0 radical (unpaired) electrons. The first-order chi connectivity index (χ1) is 13.7. The van der Waals surface area contributed by atoms with Crippen molar-refractivity contribution in [2.75, 3.05) is 24.7 Å². The van der Waals surface area contributed by atoms with Gasteiger partial charge >= 0.3 is 0 Å². The average molecular weight is 417 g/mol. The Balaban J connectivity index is 1.47. The third kappa shape index (κ3) is 5.80. The Labute approximate surface area is 173 Å². The van der Waals surface area contributed by atoms with Gasteiger partial charge in [0.05, 0.1) is 17.6 Å². The van der Waals surface area contributed by atoms with Gasteiger partial charge in [-0.15, -0.1) is 10.2 Å². The number of unbranched alkanes of at least 4 members (excludes halogenated alkanes) is 1. The third-order valence-corrected chi connectivity index (χ3v) is 6.03. The number of benzene rings is 1. The number of amides is 1. The highest BCUT2D eigenvalue weighted by Gasteiger charge is 2.13. The second kappa shape index (κ2) is 10.2. The van der Waals surface area contributed by atoms with Crippen molar-refractivity contribution in [2.45, 2.75) is 30.6 Å². The quantitative estimate of drug-likeness (QED) is 0.401. The summed E-state index contributed by atoms with van der Waals surface area (Å²) in [7, 11) is 1.81. The SMILES string of the molecule is CCCCNc1nnc(SCC(=O)N(C)Cc2cnn(-c3ccccc3)c2)s1. The van der Waals surface area contributed by atoms with Crippen molar-refractivity contribution in [1.82, 2.24) is 24.9 Å². The summed E-state index contributed by atoms with van der Waals surface area (Å²) in [4.78, 5) is 14.1. The summed E-state index contributed by atoms with van der Waals surface area (Å²) in [5, 5.41) is 16.7. The zero-order valence-corrected chi connectivity index (χ0v) is 17.7. The minimum absolute atomic E-state index is 0.0492. The first kappa shape index (κ1) is 20.3. The first-order valence-electron chi connectivity index (χ1n) is 9.19. The molecule has 28 heavy (non-hydrogen) atoms. The van der Waals surface area contributed by atoms with Gasteiger partial charge in [0.2, 0.25) is 11.0 Å². The molecule has 0 unspecified atom stereocenters. The lowest BCUT2D eigenvalue weighted by molar-refractivity contribution is -0.127. The number of hydrogen-bond donors (Lipinski definition) is 1. The van der Waals surface area contributed by atoms with Crippen molar-refractivity contribution in [3.05, 3.63) is 48.3 Å². The molecule has 1 N–H and O–H groups in total. The van der Waals surface area contributed by atoms with E-state index in [1.54, 1.807) is 18.1 Å². The van der Waals surface area contributed by atoms with E-state index in [9.17, 15) is 4.79 Å². The van der Waals surface area contributed by atoms with Crippen LogP contribution in [0.4, 0.5) is 5.13 Å². The van der Waals surface area contributed by atoms with Gasteiger partial charge in [0, 0.05) is 31.9 Å². The number of nitrogens with zero attached hydrogens (tertiary/aromatic N) is 5. The number of anilines is 1. The summed E-state index contributed by atoms with van der Waals surface area (Å²) in [5.74, 6) is 0.389. The number of carbonyl (C=O) groups is 1. The molecule has 0 aliphatic heterocycles. The van der Waals surface area contributed by atoms with Gasteiger partial charge < -0.3 is 10.2 Å². The molecule has 2 aromatic heterocycles. The van der Waals surface area contributed by atoms with Gasteiger partial charge in [0.15, 0.2) is 4.34 Å². The van der Waals surface area contributed by atoms with Crippen molar-refractivity contribution >= 4 is 34.1 Å². The molecule has 3 rings (SSSR count). The van der Waals surface area contributed by atoms with Gasteiger partial charge in [-0.3, -0.25) is 4.79 Å². The zero-order chi connectivity index (χ0) is 19.8. The highest BCUT2D eigenvalue weighted by atomic mass is 32.2. The fourth-order valence-corrected chi connectivity index (χ4v) is 4.19. The maximum atomic E-state index is 12.4. The van der Waals surface area contributed by atoms with Crippen molar-refractivity contribution in [1.29, 1.82) is 0 Å². The van der Waals surface area contributed by atoms with Gasteiger partial charge in [0.1, 0.15) is 0 Å². The average Bonchev–Trinajstić information content (AvgIpc) is 3.36. The van der Waals surface area contributed by atoms with Crippen LogP contribution < -0.4 is 5.32 Å². The summed E-state index contributed by atoms with van der Waals surface area (Å²) in [6.07, 6.45) is 5.98. The monoisotopic (exact) mass is 416 g/mol. The molecule has 0 fully saturated rings. The van der Waals surface area contributed by atoms with Gasteiger partial charge in [-0.2, -0.15) is 5.10 Å². The maximum absolute atomic E-state index is 12.4. The number of carbonyl (C=O) groups excluding carboxylic acids is 1. The number of nitrogens with one attached hydrogen (secondary N) is 1. The molecular weight excluding hydrogens is 392 g/mol. The fraction of sp³-hybridized carbons (Fsp3) is 0.368. The van der Waals surface area contributed by atoms with Crippen LogP contribution in [0.2, 0.25) is 0 Å². The van der Waals surface area contributed by atoms with Crippen molar-refractivity contribution < 1.29 is 4.79 Å². The van der Waals surface area contributed by atoms with Crippen LogP contribution in [0.3, 0.4) is 0 Å². The largest absolute Gasteiger partial charge is 0.360 e. The Hall–Kier alpha value is -2.39. The van der Waals surface area contributed by atoms with Crippen LogP contribution in [0.25, 0.3) is 5.69 Å². The topological polar surface area (TPSA) is 75.9 Å². The van der Waals surface area contributed by atoms with Crippen LogP contribution >= 0.6 is 23.1 Å². The molecular formula is C19H24N6OS2. The number of hydrogen-bond acceptors (Lipinski definition) is 7. The van der Waals surface area contributed by atoms with Crippen LogP contribution in [0.1, 0.15) is 25.3 Å². The molecule has 1 aromatic carbocycles. The van der Waals surface area contributed by atoms with E-state index in [2.05, 4.69) is 27.5 Å². The summed E-state index contributed by atoms with van der Waals surface area (Å²) in [5.41, 5.74) is 1.99. The predicted octanol–water partition coefficient (Wildman–Crippen LogP) is 3.69. The molecule has 0 atom stereocenters. The summed E-state index contributed by atoms with van der Waals surface area (Å²) in [6.45, 7) is 3.57. The zero-order valence-electron chi connectivity index (χ0n) is 16.0. The summed E-state index contributed by atoms with van der Waals surface area (Å²) < 4.78 is 2.62. The molecule has 0 spiro atoms. The smallest absolute Gasteiger partial charge is 0.233 e. The molecule has 0 saturated heterocycles. The highest BCUT2D eigenvalue weighted by molar-refractivity contribution is 8.01. The number of rotatable bonds is 10. The van der Waals surface area contributed by atoms with E-state index in [1.807, 2.05) is 41.2 Å². The van der Waals surface area contributed by atoms with Crippen molar-refractivity contribution in [2.24, 2.45) is 0 Å². The Morgan fingerprint density at radius 3 is 2.89 bits per heavy atom. The lowest BCUT2D eigenvalue weighted by Crippen LogP contribution is -2.27. The minimum Gasteiger partial charge on any atom is -0.360 e. The molecule has 148 valence electrons. The van der Waals surface area contributed by atoms with Crippen LogP contribution in [-0.4, -0.2) is 50.1 Å². The Bertz CT molecular complexity index is 879. The molecule has 0 saturated carbocycles. The molecule has 0 aliphatic carbocycles. The van der Waals surface area contributed by atoms with Crippen LogP contribution in [-0.2, 0) is 11.3 Å². The predicted molar refractivity (Wildman–Crippen MR) is 114 cm³/mol. The standard InChI is InChI=1S/C19H24N6OS2/c1-3-4-10-20-18-22-23-19(28-18)27-14-17(26)24(2)12-15-11-21-25(13-15)16-8-6-5-7-9-16/h5-9,11,13H,3-4,10,12,14H2,1-2H3,(H,20,22). The molecule has 0 bridgehead atoms. The summed E-state index contributed by atoms with van der Waals surface area (Å²) >= 11 is 2.91. The lowest BCUT2D eigenvalue weighted by Gasteiger charge is -2.15. The van der Waals surface area contributed by atoms with Gasteiger partial charge in [-0.1, -0.05) is 54.6 Å². The van der Waals surface area contributed by atoms with E-state index in [4.69, 9.17) is 0 Å². The van der Waals surface area contributed by atoms with Crippen LogP contribution in [0.5, 0.6) is 0 Å². The number of aromatic nitrogens is 4. The fourth-order valence-electron chi connectivity index (χ4n) is 2.47. The van der Waals surface area contributed by atoms with Crippen LogP contribution in [0.15, 0.2) is 47.1 Å². The van der Waals surface area contributed by atoms with E-state index in [0.29, 0.717) is 12.3 Å². The molecule has 9 heteroatoms. The van der Waals surface area contributed by atoms with Gasteiger partial charge in [0.25, 0.3) is 0 Å². The molecule has 2 heterocycles. The van der Waals surface area contributed by atoms with E-state index in [1.165, 1.54) is 23.1 Å². The van der Waals surface area contributed by atoms with Crippen molar-refractivity contribution in [3.63, 3.8) is 0 Å². The molecule has 1 amide bonds. The number of thioether (sulfide) groups is 1. The molecule has 7 nitrogen and oxygen atoms in total. The third-order valence-electron chi connectivity index (χ3n) is 4.03. The van der Waals surface area contributed by atoms with E-state index in [-0.39, 0.29) is 5.91 Å². The first-order valence-corrected chi connectivity index (χ1v) is 11.0. The van der Waals surface area contributed by atoms with Crippen LogP contribution in [0, 0.1) is 0 Å². The molecule has 3 aromatic rings. The van der Waals surface area contributed by atoms with E-state index >= 15 is 0 Å². The normalized spacial score (nSPS) is 10.8. The van der Waals surface area contributed by atoms with Gasteiger partial charge in [-0.05, 0) is 18.6 Å². The van der Waals surface area contributed by atoms with E-state index < -0.39 is 0 Å². The van der Waals surface area contributed by atoms with E-state index in [0.717, 1.165) is 40.1 Å². The van der Waals surface area contributed by atoms with Crippen molar-refractivity contribution in [3.8, 4) is 5.69 Å². The Kier molecular flexibility index (Phi) is 7.44. The highest BCUT2D eigenvalue weighted by Crippen LogP contribution is 2.25. The Morgan fingerprint density at radius 1 is 1.29 bits per heavy atom. The summed E-state index contributed by atoms with van der Waals surface area (Å²) in [6, 6.07) is 9.91. The lowest BCUT2D eigenvalue weighted by atomic mass is 10.3. The maximum Gasteiger partial charge on any atom is 0.233 e. The van der Waals surface area contributed by atoms with Gasteiger partial charge in [-0.25, -0.2) is 4.68 Å². The minimum atomic E-state index is 0.0492.